The fourth-order valence-electron chi connectivity index (χ4n) is 7.54. The molecular formula is C61H103NO3. The Bertz CT molecular complexity index is 1290. The summed E-state index contributed by atoms with van der Waals surface area (Å²) in [5.41, 5.74) is 0. The van der Waals surface area contributed by atoms with Crippen LogP contribution in [-0.2, 0) is 4.79 Å². The SMILES string of the molecule is CC/C=C\C/C=C\C/C=C\C/C=C\C/C=C\C/C=C\C/C=C\CCCCCCCCCCCCCCCC(=O)NC(CO)C(O)/C=C/CC/C=C/CC/C=C/CCCCCCCCCC. The lowest BCUT2D eigenvalue weighted by Gasteiger charge is -2.19. The summed E-state index contributed by atoms with van der Waals surface area (Å²) in [5, 5.41) is 23.1. The lowest BCUT2D eigenvalue weighted by molar-refractivity contribution is -0.123. The summed E-state index contributed by atoms with van der Waals surface area (Å²) < 4.78 is 0. The van der Waals surface area contributed by atoms with Crippen LogP contribution in [0, 0.1) is 0 Å². The van der Waals surface area contributed by atoms with Crippen LogP contribution in [0.25, 0.3) is 0 Å². The zero-order chi connectivity index (χ0) is 47.0. The number of carbonyl (C=O) groups is 1. The third-order valence-corrected chi connectivity index (χ3v) is 11.7. The molecule has 0 aromatic carbocycles. The van der Waals surface area contributed by atoms with Crippen LogP contribution in [0.15, 0.2) is 122 Å². The summed E-state index contributed by atoms with van der Waals surface area (Å²) >= 11 is 0. The Morgan fingerprint density at radius 3 is 1.08 bits per heavy atom. The quantitative estimate of drug-likeness (QED) is 0.0421. The molecule has 370 valence electrons. The van der Waals surface area contributed by atoms with Crippen molar-refractivity contribution in [1.29, 1.82) is 0 Å². The highest BCUT2D eigenvalue weighted by atomic mass is 16.3. The topological polar surface area (TPSA) is 69.6 Å². The second-order valence-electron chi connectivity index (χ2n) is 17.9. The third-order valence-electron chi connectivity index (χ3n) is 11.7. The standard InChI is InChI=1S/C61H103NO3/c1-3-5-7-9-11-13-15-17-19-21-23-24-25-26-27-28-29-30-31-32-33-34-35-36-37-38-39-41-43-45-47-49-51-53-55-57-61(65)62-59(58-63)60(64)56-54-52-50-48-46-44-42-40-22-20-18-16-14-12-10-8-6-4-2/h5,7,11,13,17,19,22-24,26-27,29-30,32-33,40,46,48,54,56,59-60,63-64H,3-4,6,8-10,12,14-16,18,20-21,25,28,31,34-39,41-45,47,49-53,55,57-58H2,1-2H3,(H,62,65)/b7-5-,13-11-,19-17-,24-23-,27-26-,30-29-,33-32-,40-22+,48-46+,56-54+. The monoisotopic (exact) mass is 898 g/mol. The molecule has 4 heteroatoms. The van der Waals surface area contributed by atoms with Crippen molar-refractivity contribution in [2.24, 2.45) is 0 Å². The van der Waals surface area contributed by atoms with E-state index in [9.17, 15) is 15.0 Å². The highest BCUT2D eigenvalue weighted by Gasteiger charge is 2.17. The minimum atomic E-state index is -0.878. The minimum Gasteiger partial charge on any atom is -0.394 e. The normalized spacial score (nSPS) is 13.8. The summed E-state index contributed by atoms with van der Waals surface area (Å²) in [6, 6.07) is -0.654. The van der Waals surface area contributed by atoms with Crippen LogP contribution >= 0.6 is 0 Å². The first-order valence-electron chi connectivity index (χ1n) is 27.2. The van der Waals surface area contributed by atoms with Crippen molar-refractivity contribution in [2.75, 3.05) is 6.61 Å². The number of amides is 1. The van der Waals surface area contributed by atoms with Gasteiger partial charge in [0, 0.05) is 6.42 Å². The molecule has 0 aliphatic heterocycles. The van der Waals surface area contributed by atoms with Gasteiger partial charge in [0.25, 0.3) is 0 Å². The number of allylic oxidation sites excluding steroid dienone is 19. The fourth-order valence-corrected chi connectivity index (χ4v) is 7.54. The molecule has 0 aliphatic carbocycles. The number of hydrogen-bond donors (Lipinski definition) is 3. The van der Waals surface area contributed by atoms with Gasteiger partial charge in [0.05, 0.1) is 18.8 Å². The highest BCUT2D eigenvalue weighted by Crippen LogP contribution is 2.14. The number of rotatable bonds is 48. The number of carbonyl (C=O) groups excluding carboxylic acids is 1. The summed E-state index contributed by atoms with van der Waals surface area (Å²) in [7, 11) is 0. The second-order valence-corrected chi connectivity index (χ2v) is 17.9. The molecule has 0 bridgehead atoms. The summed E-state index contributed by atoms with van der Waals surface area (Å²) in [4.78, 5) is 12.5. The highest BCUT2D eigenvalue weighted by molar-refractivity contribution is 5.76. The predicted molar refractivity (Wildman–Crippen MR) is 289 cm³/mol. The summed E-state index contributed by atoms with van der Waals surface area (Å²) in [6.45, 7) is 4.17. The predicted octanol–water partition coefficient (Wildman–Crippen LogP) is 18.1. The first-order chi connectivity index (χ1) is 32.2. The van der Waals surface area contributed by atoms with Crippen LogP contribution in [-0.4, -0.2) is 34.9 Å². The largest absolute Gasteiger partial charge is 0.394 e. The van der Waals surface area contributed by atoms with Gasteiger partial charge in [-0.3, -0.25) is 4.79 Å². The molecule has 0 fully saturated rings. The van der Waals surface area contributed by atoms with Crippen molar-refractivity contribution in [3.05, 3.63) is 122 Å². The summed E-state index contributed by atoms with van der Waals surface area (Å²) in [5.74, 6) is -0.0837. The van der Waals surface area contributed by atoms with Gasteiger partial charge in [-0.05, 0) is 103 Å². The van der Waals surface area contributed by atoms with Crippen LogP contribution in [0.1, 0.15) is 239 Å². The van der Waals surface area contributed by atoms with E-state index in [1.54, 1.807) is 6.08 Å². The van der Waals surface area contributed by atoms with E-state index in [1.165, 1.54) is 135 Å². The first-order valence-corrected chi connectivity index (χ1v) is 27.2. The lowest BCUT2D eigenvalue weighted by Crippen LogP contribution is -2.45. The maximum atomic E-state index is 12.5. The van der Waals surface area contributed by atoms with Crippen LogP contribution in [0.3, 0.4) is 0 Å². The molecule has 65 heavy (non-hydrogen) atoms. The average molecular weight is 898 g/mol. The first kappa shape index (κ1) is 61.8. The van der Waals surface area contributed by atoms with E-state index >= 15 is 0 Å². The van der Waals surface area contributed by atoms with E-state index in [4.69, 9.17) is 0 Å². The Labute approximate surface area is 403 Å². The number of aliphatic hydroxyl groups is 2. The molecule has 3 N–H and O–H groups in total. The second kappa shape index (κ2) is 55.1. The zero-order valence-corrected chi connectivity index (χ0v) is 42.5. The maximum absolute atomic E-state index is 12.5. The van der Waals surface area contributed by atoms with Gasteiger partial charge in [0.1, 0.15) is 0 Å². The number of aliphatic hydroxyl groups excluding tert-OH is 2. The van der Waals surface area contributed by atoms with E-state index in [0.29, 0.717) is 6.42 Å². The molecule has 0 saturated carbocycles. The van der Waals surface area contributed by atoms with Crippen molar-refractivity contribution in [3.63, 3.8) is 0 Å². The molecule has 0 spiro atoms. The lowest BCUT2D eigenvalue weighted by atomic mass is 10.0. The van der Waals surface area contributed by atoms with Gasteiger partial charge in [0.15, 0.2) is 0 Å². The van der Waals surface area contributed by atoms with Crippen LogP contribution in [0.2, 0.25) is 0 Å². The minimum absolute atomic E-state index is 0.0837. The van der Waals surface area contributed by atoms with Gasteiger partial charge in [-0.25, -0.2) is 0 Å². The van der Waals surface area contributed by atoms with E-state index in [2.05, 4.69) is 129 Å². The van der Waals surface area contributed by atoms with Crippen molar-refractivity contribution in [1.82, 2.24) is 5.32 Å². The van der Waals surface area contributed by atoms with E-state index in [0.717, 1.165) is 83.5 Å². The van der Waals surface area contributed by atoms with E-state index < -0.39 is 12.1 Å². The maximum Gasteiger partial charge on any atom is 0.220 e. The number of unbranched alkanes of at least 4 members (excludes halogenated alkanes) is 23. The third kappa shape index (κ3) is 51.6. The van der Waals surface area contributed by atoms with Crippen LogP contribution < -0.4 is 5.32 Å². The van der Waals surface area contributed by atoms with Crippen molar-refractivity contribution in [2.45, 2.75) is 251 Å². The molecule has 4 nitrogen and oxygen atoms in total. The molecule has 0 rings (SSSR count). The Balaban J connectivity index is 3.60. The number of nitrogens with one attached hydrogen (secondary N) is 1. The van der Waals surface area contributed by atoms with Gasteiger partial charge >= 0.3 is 0 Å². The number of hydrogen-bond acceptors (Lipinski definition) is 3. The molecule has 0 radical (unpaired) electrons. The zero-order valence-electron chi connectivity index (χ0n) is 42.5. The Kier molecular flexibility index (Phi) is 52.4. The van der Waals surface area contributed by atoms with Crippen molar-refractivity contribution < 1.29 is 15.0 Å². The molecule has 1 amide bonds. The van der Waals surface area contributed by atoms with Gasteiger partial charge < -0.3 is 15.5 Å². The molecular weight excluding hydrogens is 795 g/mol. The van der Waals surface area contributed by atoms with Crippen LogP contribution in [0.4, 0.5) is 0 Å². The van der Waals surface area contributed by atoms with E-state index in [-0.39, 0.29) is 12.5 Å². The Morgan fingerprint density at radius 2 is 0.692 bits per heavy atom. The fraction of sp³-hybridized carbons (Fsp3) is 0.656. The Hall–Kier alpha value is -3.21. The smallest absolute Gasteiger partial charge is 0.220 e. The molecule has 0 aliphatic rings. The average Bonchev–Trinajstić information content (AvgIpc) is 3.31. The Morgan fingerprint density at radius 1 is 0.385 bits per heavy atom. The molecule has 2 unspecified atom stereocenters. The van der Waals surface area contributed by atoms with Gasteiger partial charge in [-0.2, -0.15) is 0 Å². The van der Waals surface area contributed by atoms with Gasteiger partial charge in [-0.1, -0.05) is 251 Å². The molecule has 0 saturated heterocycles. The summed E-state index contributed by atoms with van der Waals surface area (Å²) in [6.07, 6.45) is 84.9. The van der Waals surface area contributed by atoms with Crippen molar-refractivity contribution >= 4 is 5.91 Å². The molecule has 2 atom stereocenters. The molecule has 0 heterocycles. The van der Waals surface area contributed by atoms with E-state index in [1.807, 2.05) is 6.08 Å². The van der Waals surface area contributed by atoms with Crippen molar-refractivity contribution in [3.8, 4) is 0 Å². The van der Waals surface area contributed by atoms with Crippen LogP contribution in [0.5, 0.6) is 0 Å². The van der Waals surface area contributed by atoms with Gasteiger partial charge in [0.2, 0.25) is 5.91 Å². The molecule has 0 aromatic heterocycles. The molecule has 0 aromatic rings. The van der Waals surface area contributed by atoms with Gasteiger partial charge in [-0.15, -0.1) is 0 Å².